The Balaban J connectivity index is 1.62. The van der Waals surface area contributed by atoms with Crippen molar-refractivity contribution in [3.8, 4) is 0 Å². The van der Waals surface area contributed by atoms with Crippen LogP contribution >= 0.6 is 0 Å². The van der Waals surface area contributed by atoms with Crippen LogP contribution in [0.5, 0.6) is 0 Å². The number of fused-ring (bicyclic) bond motifs is 3. The van der Waals surface area contributed by atoms with E-state index in [9.17, 15) is 5.11 Å². The number of nitrogens with two attached hydrogens (primary N) is 1. The lowest BCUT2D eigenvalue weighted by Gasteiger charge is -2.15. The molecule has 0 heterocycles. The second kappa shape index (κ2) is 8.03. The summed E-state index contributed by atoms with van der Waals surface area (Å²) in [5.41, 5.74) is 7.80. The van der Waals surface area contributed by atoms with Crippen LogP contribution in [0.2, 0.25) is 0 Å². The van der Waals surface area contributed by atoms with Crippen LogP contribution in [0.4, 0.5) is 0 Å². The Bertz CT molecular complexity index is 1170. The summed E-state index contributed by atoms with van der Waals surface area (Å²) in [5, 5.41) is 23.3. The summed E-state index contributed by atoms with van der Waals surface area (Å²) in [5.74, 6) is 0.289. The van der Waals surface area contributed by atoms with Gasteiger partial charge >= 0.3 is 0 Å². The summed E-state index contributed by atoms with van der Waals surface area (Å²) in [6.07, 6.45) is 1.10. The molecule has 4 heteroatoms. The molecule has 0 aromatic heterocycles. The van der Waals surface area contributed by atoms with Crippen LogP contribution in [0.15, 0.2) is 95.1 Å². The number of aliphatic hydroxyl groups is 1. The van der Waals surface area contributed by atoms with Crippen LogP contribution in [0.3, 0.4) is 0 Å². The van der Waals surface area contributed by atoms with Crippen molar-refractivity contribution in [3.63, 3.8) is 0 Å². The van der Waals surface area contributed by atoms with Crippen LogP contribution in [0.1, 0.15) is 23.7 Å². The van der Waals surface area contributed by atoms with E-state index in [0.717, 1.165) is 27.3 Å². The predicted octanol–water partition coefficient (Wildman–Crippen LogP) is 4.81. The smallest absolute Gasteiger partial charge is 0.125 e. The normalized spacial score (nSPS) is 13.4. The lowest BCUT2D eigenvalue weighted by Crippen LogP contribution is -2.16. The minimum Gasteiger partial charge on any atom is -0.388 e. The van der Waals surface area contributed by atoms with Gasteiger partial charge in [0, 0.05) is 6.42 Å². The second-order valence-electron chi connectivity index (χ2n) is 6.70. The molecule has 0 amide bonds. The lowest BCUT2D eigenvalue weighted by atomic mass is 9.93. The molecule has 0 saturated heterocycles. The maximum absolute atomic E-state index is 10.9. The van der Waals surface area contributed by atoms with Gasteiger partial charge in [0.25, 0.3) is 0 Å². The Morgan fingerprint density at radius 1 is 0.857 bits per heavy atom. The first-order valence-electron chi connectivity index (χ1n) is 9.21. The van der Waals surface area contributed by atoms with Crippen molar-refractivity contribution in [1.29, 1.82) is 0 Å². The van der Waals surface area contributed by atoms with Gasteiger partial charge in [-0.3, -0.25) is 0 Å². The van der Waals surface area contributed by atoms with Gasteiger partial charge < -0.3 is 10.8 Å². The molecule has 1 atom stereocenters. The van der Waals surface area contributed by atoms with E-state index >= 15 is 0 Å². The maximum Gasteiger partial charge on any atom is 0.125 e. The predicted molar refractivity (Wildman–Crippen MR) is 117 cm³/mol. The summed E-state index contributed by atoms with van der Waals surface area (Å²) in [7, 11) is 0. The van der Waals surface area contributed by atoms with Gasteiger partial charge in [0.15, 0.2) is 0 Å². The maximum atomic E-state index is 10.9. The van der Waals surface area contributed by atoms with Crippen LogP contribution in [-0.4, -0.2) is 17.2 Å². The highest BCUT2D eigenvalue weighted by atomic mass is 16.3. The SMILES string of the molecule is N/C(CC(O)c1cc2ccccc2c2ccccc12)=N\N=C\c1ccccc1. The Morgan fingerprint density at radius 3 is 2.29 bits per heavy atom. The summed E-state index contributed by atoms with van der Waals surface area (Å²) in [6.45, 7) is 0. The van der Waals surface area contributed by atoms with Crippen LogP contribution in [0, 0.1) is 0 Å². The Labute approximate surface area is 163 Å². The fourth-order valence-corrected chi connectivity index (χ4v) is 3.42. The van der Waals surface area contributed by atoms with E-state index in [1.165, 1.54) is 5.39 Å². The standard InChI is InChI=1S/C24H21N3O/c25-24(27-26-16-17-8-2-1-3-9-17)15-23(28)22-14-18-10-4-5-11-19(18)20-12-6-7-13-21(20)22/h1-14,16,23,28H,15H2,(H2,25,27)/b26-16+. The highest BCUT2D eigenvalue weighted by Crippen LogP contribution is 2.32. The van der Waals surface area contributed by atoms with Crippen LogP contribution in [0.25, 0.3) is 21.5 Å². The number of amidine groups is 1. The van der Waals surface area contributed by atoms with Crippen molar-refractivity contribution in [2.24, 2.45) is 15.9 Å². The zero-order chi connectivity index (χ0) is 19.3. The number of nitrogens with zero attached hydrogens (tertiary/aromatic N) is 2. The van der Waals surface area contributed by atoms with Crippen molar-refractivity contribution < 1.29 is 5.11 Å². The van der Waals surface area contributed by atoms with Crippen molar-refractivity contribution in [1.82, 2.24) is 0 Å². The molecule has 1 unspecified atom stereocenters. The minimum absolute atomic E-state index is 0.217. The topological polar surface area (TPSA) is 71.0 Å². The average Bonchev–Trinajstić information content (AvgIpc) is 2.74. The third kappa shape index (κ3) is 3.77. The molecule has 4 aromatic carbocycles. The van der Waals surface area contributed by atoms with E-state index in [-0.39, 0.29) is 12.3 Å². The summed E-state index contributed by atoms with van der Waals surface area (Å²) in [6, 6.07) is 28.0. The van der Waals surface area contributed by atoms with Gasteiger partial charge in [-0.1, -0.05) is 78.9 Å². The third-order valence-electron chi connectivity index (χ3n) is 4.75. The van der Waals surface area contributed by atoms with Gasteiger partial charge in [-0.2, -0.15) is 5.10 Å². The Hall–Kier alpha value is -3.50. The van der Waals surface area contributed by atoms with E-state index < -0.39 is 6.10 Å². The van der Waals surface area contributed by atoms with E-state index in [4.69, 9.17) is 5.73 Å². The van der Waals surface area contributed by atoms with E-state index in [1.807, 2.05) is 66.7 Å². The first-order chi connectivity index (χ1) is 13.7. The number of aliphatic hydroxyl groups excluding tert-OH is 1. The molecule has 0 aliphatic rings. The molecule has 0 aliphatic heterocycles. The first kappa shape index (κ1) is 17.9. The molecular weight excluding hydrogens is 346 g/mol. The minimum atomic E-state index is -0.759. The summed E-state index contributed by atoms with van der Waals surface area (Å²) in [4.78, 5) is 0. The highest BCUT2D eigenvalue weighted by Gasteiger charge is 2.15. The van der Waals surface area contributed by atoms with Gasteiger partial charge in [-0.05, 0) is 38.7 Å². The molecule has 0 saturated carbocycles. The number of hydrogen-bond donors (Lipinski definition) is 2. The van der Waals surface area contributed by atoms with Gasteiger partial charge in [0.2, 0.25) is 0 Å². The molecule has 0 fully saturated rings. The molecule has 138 valence electrons. The van der Waals surface area contributed by atoms with Crippen molar-refractivity contribution in [2.75, 3.05) is 0 Å². The van der Waals surface area contributed by atoms with Crippen LogP contribution in [-0.2, 0) is 0 Å². The molecule has 4 nitrogen and oxygen atoms in total. The van der Waals surface area contributed by atoms with E-state index in [2.05, 4.69) is 28.4 Å². The molecule has 3 N–H and O–H groups in total. The molecular formula is C24H21N3O. The summed E-state index contributed by atoms with van der Waals surface area (Å²) >= 11 is 0. The quantitative estimate of drug-likeness (QED) is 0.230. The Morgan fingerprint density at radius 2 is 1.50 bits per heavy atom. The molecule has 4 rings (SSSR count). The first-order valence-corrected chi connectivity index (χ1v) is 9.21. The van der Waals surface area contributed by atoms with Crippen LogP contribution < -0.4 is 5.73 Å². The van der Waals surface area contributed by atoms with Gasteiger partial charge in [-0.15, -0.1) is 5.10 Å². The van der Waals surface area contributed by atoms with Crippen molar-refractivity contribution in [3.05, 3.63) is 96.1 Å². The second-order valence-corrected chi connectivity index (χ2v) is 6.70. The van der Waals surface area contributed by atoms with Gasteiger partial charge in [0.05, 0.1) is 12.3 Å². The van der Waals surface area contributed by atoms with Gasteiger partial charge in [-0.25, -0.2) is 0 Å². The van der Waals surface area contributed by atoms with Crippen molar-refractivity contribution >= 4 is 33.6 Å². The van der Waals surface area contributed by atoms with E-state index in [1.54, 1.807) is 6.21 Å². The molecule has 0 radical (unpaired) electrons. The number of rotatable bonds is 5. The highest BCUT2D eigenvalue weighted by molar-refractivity contribution is 6.09. The molecule has 4 aromatic rings. The third-order valence-corrected chi connectivity index (χ3v) is 4.75. The monoisotopic (exact) mass is 367 g/mol. The number of benzene rings is 4. The summed E-state index contributed by atoms with van der Waals surface area (Å²) < 4.78 is 0. The zero-order valence-electron chi connectivity index (χ0n) is 15.4. The lowest BCUT2D eigenvalue weighted by molar-refractivity contribution is 0.187. The van der Waals surface area contributed by atoms with Gasteiger partial charge in [0.1, 0.15) is 5.84 Å². The molecule has 28 heavy (non-hydrogen) atoms. The molecule has 0 bridgehead atoms. The molecule has 0 aliphatic carbocycles. The largest absolute Gasteiger partial charge is 0.388 e. The zero-order valence-corrected chi connectivity index (χ0v) is 15.4. The number of hydrogen-bond acceptors (Lipinski definition) is 3. The average molecular weight is 367 g/mol. The van der Waals surface area contributed by atoms with Crippen molar-refractivity contribution in [2.45, 2.75) is 12.5 Å². The molecule has 0 spiro atoms. The Kier molecular flexibility index (Phi) is 5.13. The fraction of sp³-hybridized carbons (Fsp3) is 0.0833. The van der Waals surface area contributed by atoms with E-state index in [0.29, 0.717) is 0 Å². The fourth-order valence-electron chi connectivity index (χ4n) is 3.42.